The minimum Gasteiger partial charge on any atom is -0.506 e. The lowest BCUT2D eigenvalue weighted by Crippen LogP contribution is -2.05. The summed E-state index contributed by atoms with van der Waals surface area (Å²) in [4.78, 5) is 0. The Balaban J connectivity index is 3.22. The predicted octanol–water partition coefficient (Wildman–Crippen LogP) is 2.92. The molecule has 0 spiro atoms. The molecule has 16 heavy (non-hydrogen) atoms. The van der Waals surface area contributed by atoms with Crippen LogP contribution >= 0.6 is 15.9 Å². The van der Waals surface area contributed by atoms with Crippen LogP contribution in [0.1, 0.15) is 30.4 Å². The van der Waals surface area contributed by atoms with E-state index in [1.54, 1.807) is 7.11 Å². The molecule has 0 amide bonds. The Hall–Kier alpha value is -0.740. The SMILES string of the molecule is COc1c(C)cc(C(C)CCN)c(O)c1Br. The molecule has 1 aromatic rings. The van der Waals surface area contributed by atoms with E-state index in [1.807, 2.05) is 13.0 Å². The standard InChI is InChI=1S/C12H18BrNO2/c1-7(4-5-14)9-6-8(2)12(16-3)10(13)11(9)15/h6-7,15H,4-5,14H2,1-3H3. The topological polar surface area (TPSA) is 55.5 Å². The Morgan fingerprint density at radius 2 is 2.19 bits per heavy atom. The van der Waals surface area contributed by atoms with Gasteiger partial charge in [-0.1, -0.05) is 6.92 Å². The molecule has 1 atom stereocenters. The first kappa shape index (κ1) is 13.3. The first-order chi connectivity index (χ1) is 7.52. The lowest BCUT2D eigenvalue weighted by atomic mass is 9.95. The zero-order valence-corrected chi connectivity index (χ0v) is 11.5. The molecule has 3 nitrogen and oxygen atoms in total. The molecule has 0 aliphatic rings. The smallest absolute Gasteiger partial charge is 0.139 e. The maximum atomic E-state index is 10.1. The first-order valence-corrected chi connectivity index (χ1v) is 6.08. The summed E-state index contributed by atoms with van der Waals surface area (Å²) in [5.41, 5.74) is 7.45. The number of aromatic hydroxyl groups is 1. The second kappa shape index (κ2) is 5.55. The highest BCUT2D eigenvalue weighted by molar-refractivity contribution is 9.10. The van der Waals surface area contributed by atoms with Gasteiger partial charge in [0.1, 0.15) is 16.0 Å². The van der Waals surface area contributed by atoms with E-state index in [9.17, 15) is 5.11 Å². The number of methoxy groups -OCH3 is 1. The van der Waals surface area contributed by atoms with Gasteiger partial charge in [-0.25, -0.2) is 0 Å². The zero-order chi connectivity index (χ0) is 12.3. The number of halogens is 1. The molecule has 0 aliphatic heterocycles. The second-order valence-corrected chi connectivity index (χ2v) is 4.75. The van der Waals surface area contributed by atoms with Crippen molar-refractivity contribution in [2.75, 3.05) is 13.7 Å². The molecule has 1 rings (SSSR count). The number of nitrogens with two attached hydrogens (primary N) is 1. The van der Waals surface area contributed by atoms with Gasteiger partial charge in [-0.2, -0.15) is 0 Å². The summed E-state index contributed by atoms with van der Waals surface area (Å²) in [6, 6.07) is 1.96. The van der Waals surface area contributed by atoms with Crippen LogP contribution in [-0.4, -0.2) is 18.8 Å². The van der Waals surface area contributed by atoms with Crippen molar-refractivity contribution in [2.24, 2.45) is 5.73 Å². The highest BCUT2D eigenvalue weighted by Gasteiger charge is 2.17. The second-order valence-electron chi connectivity index (χ2n) is 3.96. The van der Waals surface area contributed by atoms with Crippen LogP contribution in [0.4, 0.5) is 0 Å². The molecule has 1 aromatic carbocycles. The minimum absolute atomic E-state index is 0.242. The zero-order valence-electron chi connectivity index (χ0n) is 9.88. The molecule has 0 saturated heterocycles. The molecule has 0 saturated carbocycles. The van der Waals surface area contributed by atoms with E-state index in [2.05, 4.69) is 22.9 Å². The average Bonchev–Trinajstić information content (AvgIpc) is 2.24. The van der Waals surface area contributed by atoms with E-state index in [-0.39, 0.29) is 11.7 Å². The number of rotatable bonds is 4. The molecule has 0 radical (unpaired) electrons. The van der Waals surface area contributed by atoms with Gasteiger partial charge in [0.05, 0.1) is 7.11 Å². The van der Waals surface area contributed by atoms with Gasteiger partial charge >= 0.3 is 0 Å². The number of ether oxygens (including phenoxy) is 1. The monoisotopic (exact) mass is 287 g/mol. The maximum absolute atomic E-state index is 10.1. The van der Waals surface area contributed by atoms with Crippen molar-refractivity contribution < 1.29 is 9.84 Å². The summed E-state index contributed by atoms with van der Waals surface area (Å²) >= 11 is 3.36. The van der Waals surface area contributed by atoms with E-state index in [0.717, 1.165) is 17.5 Å². The van der Waals surface area contributed by atoms with Crippen molar-refractivity contribution >= 4 is 15.9 Å². The molecule has 90 valence electrons. The molecule has 0 bridgehead atoms. The number of benzene rings is 1. The fourth-order valence-electron chi connectivity index (χ4n) is 1.81. The summed E-state index contributed by atoms with van der Waals surface area (Å²) < 4.78 is 5.84. The van der Waals surface area contributed by atoms with Gasteiger partial charge in [0.15, 0.2) is 0 Å². The Labute approximate surface area is 105 Å². The number of phenolic OH excluding ortho intramolecular Hbond substituents is 1. The summed E-state index contributed by atoms with van der Waals surface area (Å²) in [7, 11) is 1.59. The number of aryl methyl sites for hydroxylation is 1. The number of hydrogen-bond acceptors (Lipinski definition) is 3. The maximum Gasteiger partial charge on any atom is 0.139 e. The molecule has 0 fully saturated rings. The summed E-state index contributed by atoms with van der Waals surface area (Å²) in [6.07, 6.45) is 0.853. The lowest BCUT2D eigenvalue weighted by molar-refractivity contribution is 0.397. The molecule has 0 aromatic heterocycles. The van der Waals surface area contributed by atoms with Crippen molar-refractivity contribution in [3.05, 3.63) is 21.7 Å². The quantitative estimate of drug-likeness (QED) is 0.895. The molecular formula is C12H18BrNO2. The fraction of sp³-hybridized carbons (Fsp3) is 0.500. The van der Waals surface area contributed by atoms with Crippen LogP contribution in [-0.2, 0) is 0 Å². The third kappa shape index (κ3) is 2.50. The van der Waals surface area contributed by atoms with Gasteiger partial charge in [0, 0.05) is 0 Å². The van der Waals surface area contributed by atoms with Gasteiger partial charge in [-0.15, -0.1) is 0 Å². The molecule has 0 aliphatic carbocycles. The third-order valence-electron chi connectivity index (χ3n) is 2.75. The van der Waals surface area contributed by atoms with Crippen LogP contribution in [0, 0.1) is 6.92 Å². The summed E-state index contributed by atoms with van der Waals surface area (Å²) in [5, 5.41) is 10.1. The third-order valence-corrected chi connectivity index (χ3v) is 3.48. The van der Waals surface area contributed by atoms with Crippen LogP contribution in [0.3, 0.4) is 0 Å². The van der Waals surface area contributed by atoms with E-state index in [0.29, 0.717) is 16.8 Å². The lowest BCUT2D eigenvalue weighted by Gasteiger charge is -2.17. The van der Waals surface area contributed by atoms with Gasteiger partial charge in [-0.3, -0.25) is 0 Å². The van der Waals surface area contributed by atoms with Crippen molar-refractivity contribution in [3.63, 3.8) is 0 Å². The number of hydrogen-bond donors (Lipinski definition) is 2. The van der Waals surface area contributed by atoms with Crippen molar-refractivity contribution in [2.45, 2.75) is 26.2 Å². The van der Waals surface area contributed by atoms with Crippen LogP contribution in [0.25, 0.3) is 0 Å². The number of phenols is 1. The normalized spacial score (nSPS) is 12.6. The molecule has 1 unspecified atom stereocenters. The minimum atomic E-state index is 0.242. The van der Waals surface area contributed by atoms with Crippen LogP contribution in [0.5, 0.6) is 11.5 Å². The average molecular weight is 288 g/mol. The van der Waals surface area contributed by atoms with E-state index >= 15 is 0 Å². The Bertz CT molecular complexity index is 380. The van der Waals surface area contributed by atoms with Crippen molar-refractivity contribution in [1.29, 1.82) is 0 Å². The molecule has 4 heteroatoms. The summed E-state index contributed by atoms with van der Waals surface area (Å²) in [6.45, 7) is 4.63. The molecule has 0 heterocycles. The van der Waals surface area contributed by atoms with Crippen LogP contribution in [0.2, 0.25) is 0 Å². The highest BCUT2D eigenvalue weighted by atomic mass is 79.9. The fourth-order valence-corrected chi connectivity index (χ4v) is 2.51. The molecular weight excluding hydrogens is 270 g/mol. The van der Waals surface area contributed by atoms with Gasteiger partial charge in [0.2, 0.25) is 0 Å². The van der Waals surface area contributed by atoms with Crippen molar-refractivity contribution in [1.82, 2.24) is 0 Å². The van der Waals surface area contributed by atoms with Gasteiger partial charge in [0.25, 0.3) is 0 Å². The van der Waals surface area contributed by atoms with Gasteiger partial charge < -0.3 is 15.6 Å². The van der Waals surface area contributed by atoms with E-state index in [1.165, 1.54) is 0 Å². The predicted molar refractivity (Wildman–Crippen MR) is 69.2 cm³/mol. The molecule has 3 N–H and O–H groups in total. The highest BCUT2D eigenvalue weighted by Crippen LogP contribution is 2.42. The van der Waals surface area contributed by atoms with E-state index in [4.69, 9.17) is 10.5 Å². The van der Waals surface area contributed by atoms with Crippen LogP contribution < -0.4 is 10.5 Å². The Morgan fingerprint density at radius 1 is 1.56 bits per heavy atom. The van der Waals surface area contributed by atoms with Gasteiger partial charge in [-0.05, 0) is 58.9 Å². The largest absolute Gasteiger partial charge is 0.506 e. The Kier molecular flexibility index (Phi) is 4.62. The van der Waals surface area contributed by atoms with E-state index < -0.39 is 0 Å². The summed E-state index contributed by atoms with van der Waals surface area (Å²) in [5.74, 6) is 1.18. The Morgan fingerprint density at radius 3 is 2.69 bits per heavy atom. The van der Waals surface area contributed by atoms with Crippen molar-refractivity contribution in [3.8, 4) is 11.5 Å². The van der Waals surface area contributed by atoms with Crippen LogP contribution in [0.15, 0.2) is 10.5 Å². The first-order valence-electron chi connectivity index (χ1n) is 5.28.